The maximum atomic E-state index is 11.8. The number of carbonyl (C=O) groups excluding carboxylic acids is 2. The third-order valence-corrected chi connectivity index (χ3v) is 3.96. The molecule has 4 nitrogen and oxygen atoms in total. The molecule has 0 bridgehead atoms. The van der Waals surface area contributed by atoms with Crippen LogP contribution in [-0.2, 0) is 22.1 Å². The fourth-order valence-corrected chi connectivity index (χ4v) is 2.53. The van der Waals surface area contributed by atoms with Crippen molar-refractivity contribution < 1.29 is 13.8 Å². The van der Waals surface area contributed by atoms with Crippen molar-refractivity contribution in [3.05, 3.63) is 33.8 Å². The molecule has 1 unspecified atom stereocenters. The van der Waals surface area contributed by atoms with Gasteiger partial charge in [0.1, 0.15) is 5.75 Å². The van der Waals surface area contributed by atoms with E-state index in [0.717, 1.165) is 5.56 Å². The second-order valence-corrected chi connectivity index (χ2v) is 6.48. The van der Waals surface area contributed by atoms with Gasteiger partial charge in [-0.15, -0.1) is 0 Å². The summed E-state index contributed by atoms with van der Waals surface area (Å²) in [7, 11) is -1.23. The zero-order chi connectivity index (χ0) is 15.3. The highest BCUT2D eigenvalue weighted by molar-refractivity contribution is 9.10. The standard InChI is InChI=1S/C14H14BrNO3S/c1-4-16(14(18)9-20(3)19)8-12-6-5-11(10(2)17)7-13(12)15/h1,5-7H,8-9H2,2-3H3. The molecule has 1 aromatic carbocycles. The maximum Gasteiger partial charge on any atom is 0.246 e. The first kappa shape index (κ1) is 16.6. The normalized spacial score (nSPS) is 11.5. The van der Waals surface area contributed by atoms with Crippen molar-refractivity contribution in [1.82, 2.24) is 4.90 Å². The third kappa shape index (κ3) is 4.58. The highest BCUT2D eigenvalue weighted by atomic mass is 79.9. The summed E-state index contributed by atoms with van der Waals surface area (Å²) in [4.78, 5) is 24.2. The molecule has 20 heavy (non-hydrogen) atoms. The number of hydrogen-bond acceptors (Lipinski definition) is 3. The molecule has 0 N–H and O–H groups in total. The second kappa shape index (κ2) is 7.36. The van der Waals surface area contributed by atoms with Crippen LogP contribution in [0.4, 0.5) is 0 Å². The number of Topliss-reactive ketones (excluding diaryl/α,β-unsaturated/α-hetero) is 1. The van der Waals surface area contributed by atoms with E-state index in [-0.39, 0.29) is 24.0 Å². The molecule has 6 heteroatoms. The van der Waals surface area contributed by atoms with Gasteiger partial charge in [-0.05, 0) is 18.6 Å². The SMILES string of the molecule is C#CN(Cc1ccc(C(C)=O)cc1Br)C(=O)CS(C)=O. The van der Waals surface area contributed by atoms with Crippen LogP contribution in [0.15, 0.2) is 22.7 Å². The number of nitrogens with zero attached hydrogens (tertiary/aromatic N) is 1. The molecule has 0 heterocycles. The topological polar surface area (TPSA) is 54.5 Å². The summed E-state index contributed by atoms with van der Waals surface area (Å²) in [6.45, 7) is 1.68. The molecule has 0 radical (unpaired) electrons. The highest BCUT2D eigenvalue weighted by Crippen LogP contribution is 2.20. The van der Waals surface area contributed by atoms with Crippen LogP contribution in [-0.4, -0.2) is 32.8 Å². The molecule has 0 aliphatic heterocycles. The summed E-state index contributed by atoms with van der Waals surface area (Å²) in [6, 6.07) is 7.39. The lowest BCUT2D eigenvalue weighted by atomic mass is 10.1. The van der Waals surface area contributed by atoms with Gasteiger partial charge in [-0.3, -0.25) is 18.7 Å². The summed E-state index contributed by atoms with van der Waals surface area (Å²) in [5.41, 5.74) is 1.36. The van der Waals surface area contributed by atoms with Gasteiger partial charge < -0.3 is 0 Å². The van der Waals surface area contributed by atoms with E-state index in [1.807, 2.05) is 0 Å². The Labute approximate surface area is 129 Å². The third-order valence-electron chi connectivity index (χ3n) is 2.57. The van der Waals surface area contributed by atoms with Gasteiger partial charge in [0.15, 0.2) is 5.78 Å². The first-order chi connectivity index (χ1) is 9.35. The van der Waals surface area contributed by atoms with E-state index in [1.54, 1.807) is 18.2 Å². The van der Waals surface area contributed by atoms with Gasteiger partial charge >= 0.3 is 0 Å². The lowest BCUT2D eigenvalue weighted by Crippen LogP contribution is -2.29. The van der Waals surface area contributed by atoms with Gasteiger partial charge in [-0.25, -0.2) is 0 Å². The lowest BCUT2D eigenvalue weighted by molar-refractivity contribution is -0.125. The molecule has 1 rings (SSSR count). The Morgan fingerprint density at radius 3 is 2.55 bits per heavy atom. The van der Waals surface area contributed by atoms with Gasteiger partial charge in [0.25, 0.3) is 0 Å². The first-order valence-electron chi connectivity index (χ1n) is 5.71. The van der Waals surface area contributed by atoms with Crippen molar-refractivity contribution in [2.24, 2.45) is 0 Å². The van der Waals surface area contributed by atoms with Crippen LogP contribution in [0.25, 0.3) is 0 Å². The van der Waals surface area contributed by atoms with Crippen LogP contribution < -0.4 is 0 Å². The predicted octanol–water partition coefficient (Wildman–Crippen LogP) is 1.95. The van der Waals surface area contributed by atoms with Crippen LogP contribution in [0.2, 0.25) is 0 Å². The monoisotopic (exact) mass is 355 g/mol. The average Bonchev–Trinajstić information content (AvgIpc) is 2.36. The summed E-state index contributed by atoms with van der Waals surface area (Å²) in [6.07, 6.45) is 6.76. The van der Waals surface area contributed by atoms with Gasteiger partial charge in [-0.1, -0.05) is 34.5 Å². The number of amides is 1. The fraction of sp³-hybridized carbons (Fsp3) is 0.286. The Balaban J connectivity index is 2.91. The Morgan fingerprint density at radius 2 is 2.10 bits per heavy atom. The number of ketones is 1. The van der Waals surface area contributed by atoms with Crippen LogP contribution in [0, 0.1) is 12.5 Å². The molecule has 1 aromatic rings. The molecule has 1 atom stereocenters. The molecule has 0 fully saturated rings. The van der Waals surface area contributed by atoms with Gasteiger partial charge in [0.05, 0.1) is 6.54 Å². The highest BCUT2D eigenvalue weighted by Gasteiger charge is 2.15. The largest absolute Gasteiger partial charge is 0.295 e. The van der Waals surface area contributed by atoms with Crippen molar-refractivity contribution in [2.75, 3.05) is 12.0 Å². The first-order valence-corrected chi connectivity index (χ1v) is 8.23. The minimum atomic E-state index is -1.23. The van der Waals surface area contributed by atoms with Gasteiger partial charge in [0.2, 0.25) is 5.91 Å². The van der Waals surface area contributed by atoms with Crippen LogP contribution in [0.3, 0.4) is 0 Å². The maximum absolute atomic E-state index is 11.8. The zero-order valence-corrected chi connectivity index (χ0v) is 13.6. The van der Waals surface area contributed by atoms with Crippen molar-refractivity contribution in [2.45, 2.75) is 13.5 Å². The van der Waals surface area contributed by atoms with E-state index in [1.165, 1.54) is 18.1 Å². The zero-order valence-electron chi connectivity index (χ0n) is 11.2. The number of terminal acetylenes is 1. The molecule has 0 aliphatic rings. The molecule has 106 valence electrons. The second-order valence-electron chi connectivity index (χ2n) is 4.19. The summed E-state index contributed by atoms with van der Waals surface area (Å²) in [5.74, 6) is -0.507. The molecular weight excluding hydrogens is 342 g/mol. The molecule has 1 amide bonds. The molecule has 0 aromatic heterocycles. The molecule has 0 saturated carbocycles. The van der Waals surface area contributed by atoms with Crippen molar-refractivity contribution in [1.29, 1.82) is 0 Å². The average molecular weight is 356 g/mol. The smallest absolute Gasteiger partial charge is 0.246 e. The molecular formula is C14H14BrNO3S. The molecule has 0 aliphatic carbocycles. The molecule has 0 spiro atoms. The van der Waals surface area contributed by atoms with E-state index in [9.17, 15) is 13.8 Å². The Kier molecular flexibility index (Phi) is 6.11. The minimum Gasteiger partial charge on any atom is -0.295 e. The van der Waals surface area contributed by atoms with Crippen molar-refractivity contribution in [3.63, 3.8) is 0 Å². The van der Waals surface area contributed by atoms with Crippen molar-refractivity contribution in [3.8, 4) is 12.5 Å². The van der Waals surface area contributed by atoms with Crippen LogP contribution in [0.5, 0.6) is 0 Å². The van der Waals surface area contributed by atoms with Gasteiger partial charge in [-0.2, -0.15) is 0 Å². The number of benzene rings is 1. The number of rotatable bonds is 5. The Bertz CT molecular complexity index is 607. The van der Waals surface area contributed by atoms with E-state index < -0.39 is 10.8 Å². The van der Waals surface area contributed by atoms with Gasteiger partial charge in [0, 0.05) is 33.1 Å². The predicted molar refractivity (Wildman–Crippen MR) is 82.5 cm³/mol. The number of hydrogen-bond donors (Lipinski definition) is 0. The van der Waals surface area contributed by atoms with E-state index >= 15 is 0 Å². The quantitative estimate of drug-likeness (QED) is 0.460. The summed E-state index contributed by atoms with van der Waals surface area (Å²) >= 11 is 3.35. The Morgan fingerprint density at radius 1 is 1.45 bits per heavy atom. The Hall–Kier alpha value is -1.45. The lowest BCUT2D eigenvalue weighted by Gasteiger charge is -2.16. The van der Waals surface area contributed by atoms with Crippen molar-refractivity contribution >= 4 is 38.4 Å². The summed E-state index contributed by atoms with van der Waals surface area (Å²) < 4.78 is 11.8. The van der Waals surface area contributed by atoms with Crippen LogP contribution in [0.1, 0.15) is 22.8 Å². The van der Waals surface area contributed by atoms with Crippen LogP contribution >= 0.6 is 15.9 Å². The minimum absolute atomic E-state index is 0.0384. The fourth-order valence-electron chi connectivity index (χ4n) is 1.52. The van der Waals surface area contributed by atoms with E-state index in [2.05, 4.69) is 22.0 Å². The van der Waals surface area contributed by atoms with E-state index in [0.29, 0.717) is 10.0 Å². The number of halogens is 1. The summed E-state index contributed by atoms with van der Waals surface area (Å²) in [5, 5.41) is 0. The van der Waals surface area contributed by atoms with E-state index in [4.69, 9.17) is 6.42 Å². The molecule has 0 saturated heterocycles. The number of carbonyl (C=O) groups is 2.